The monoisotopic (exact) mass is 983 g/mol. The van der Waals surface area contributed by atoms with Crippen LogP contribution in [0.3, 0.4) is 0 Å². The summed E-state index contributed by atoms with van der Waals surface area (Å²) in [5, 5.41) is 0. The Morgan fingerprint density at radius 1 is 0.296 bits per heavy atom. The summed E-state index contributed by atoms with van der Waals surface area (Å²) in [6.45, 7) is 6.40. The maximum Gasteiger partial charge on any atom is 0.306 e. The van der Waals surface area contributed by atoms with Crippen molar-refractivity contribution < 1.29 is 28.6 Å². The van der Waals surface area contributed by atoms with Gasteiger partial charge in [-0.15, -0.1) is 0 Å². The number of esters is 3. The molecule has 0 aromatic rings. The molecule has 0 spiro atoms. The van der Waals surface area contributed by atoms with Crippen molar-refractivity contribution in [3.8, 4) is 0 Å². The number of ether oxygens (including phenoxy) is 3. The van der Waals surface area contributed by atoms with E-state index < -0.39 is 6.10 Å². The molecule has 0 bridgehead atoms. The van der Waals surface area contributed by atoms with Gasteiger partial charge in [0.05, 0.1) is 0 Å². The summed E-state index contributed by atoms with van der Waals surface area (Å²) in [5.41, 5.74) is 0. The first kappa shape index (κ1) is 66.8. The largest absolute Gasteiger partial charge is 0.462 e. The summed E-state index contributed by atoms with van der Waals surface area (Å²) in [6.07, 6.45) is 80.4. The third-order valence-corrected chi connectivity index (χ3v) is 11.9. The highest BCUT2D eigenvalue weighted by Crippen LogP contribution is 2.14. The van der Waals surface area contributed by atoms with Gasteiger partial charge in [-0.2, -0.15) is 0 Å². The third kappa shape index (κ3) is 56.6. The van der Waals surface area contributed by atoms with Crippen molar-refractivity contribution in [2.45, 2.75) is 258 Å². The second kappa shape index (κ2) is 58.4. The first-order chi connectivity index (χ1) is 35.0. The third-order valence-electron chi connectivity index (χ3n) is 11.9. The van der Waals surface area contributed by atoms with Crippen LogP contribution in [0.15, 0.2) is 122 Å². The second-order valence-electron chi connectivity index (χ2n) is 18.8. The van der Waals surface area contributed by atoms with E-state index in [1.807, 2.05) is 0 Å². The van der Waals surface area contributed by atoms with E-state index in [1.165, 1.54) is 96.3 Å². The molecule has 0 heterocycles. The van der Waals surface area contributed by atoms with Crippen LogP contribution in [0.25, 0.3) is 0 Å². The molecule has 6 heteroatoms. The van der Waals surface area contributed by atoms with E-state index in [0.717, 1.165) is 109 Å². The van der Waals surface area contributed by atoms with Gasteiger partial charge in [-0.05, 0) is 128 Å². The number of allylic oxidation sites excluding steroid dienone is 20. The maximum absolute atomic E-state index is 12.8. The SMILES string of the molecule is CC/C=C\C/C=C\C/C=C\C/C=C\C/C=C\CCCC(=O)O[C@H](COC(=O)CCCCCC/C=C\C/C=C\C/C=C\CCCCC)COC(=O)CCCCCCCCCCC/C=C\C/C=C\CCCCC. The molecule has 0 aliphatic rings. The molecule has 0 radical (unpaired) electrons. The Kier molecular flexibility index (Phi) is 54.9. The molecule has 0 aromatic carbocycles. The number of hydrogen-bond acceptors (Lipinski definition) is 6. The molecule has 0 fully saturated rings. The van der Waals surface area contributed by atoms with Crippen molar-refractivity contribution in [3.05, 3.63) is 122 Å². The highest BCUT2D eigenvalue weighted by molar-refractivity contribution is 5.71. The van der Waals surface area contributed by atoms with Crippen molar-refractivity contribution in [3.63, 3.8) is 0 Å². The molecule has 402 valence electrons. The zero-order chi connectivity index (χ0) is 51.4. The minimum atomic E-state index is -0.823. The molecule has 0 aliphatic heterocycles. The fraction of sp³-hybridized carbons (Fsp3) is 0.646. The van der Waals surface area contributed by atoms with Gasteiger partial charge in [0, 0.05) is 19.3 Å². The van der Waals surface area contributed by atoms with Crippen LogP contribution >= 0.6 is 0 Å². The predicted octanol–water partition coefficient (Wildman–Crippen LogP) is 19.6. The van der Waals surface area contributed by atoms with Gasteiger partial charge in [0.15, 0.2) is 6.10 Å². The summed E-state index contributed by atoms with van der Waals surface area (Å²) < 4.78 is 16.8. The molecule has 1 atom stereocenters. The van der Waals surface area contributed by atoms with Crippen LogP contribution in [0.2, 0.25) is 0 Å². The molecule has 0 aliphatic carbocycles. The minimum Gasteiger partial charge on any atom is -0.462 e. The number of hydrogen-bond donors (Lipinski definition) is 0. The number of unbranched alkanes of at least 4 members (excludes halogenated alkanes) is 20. The Morgan fingerprint density at radius 2 is 0.563 bits per heavy atom. The van der Waals surface area contributed by atoms with E-state index in [0.29, 0.717) is 19.3 Å². The van der Waals surface area contributed by atoms with E-state index in [4.69, 9.17) is 14.2 Å². The van der Waals surface area contributed by atoms with Crippen LogP contribution in [0.5, 0.6) is 0 Å². The van der Waals surface area contributed by atoms with Gasteiger partial charge in [0.1, 0.15) is 13.2 Å². The lowest BCUT2D eigenvalue weighted by Gasteiger charge is -2.18. The van der Waals surface area contributed by atoms with Crippen LogP contribution in [-0.4, -0.2) is 37.2 Å². The smallest absolute Gasteiger partial charge is 0.306 e. The van der Waals surface area contributed by atoms with Crippen molar-refractivity contribution in [1.82, 2.24) is 0 Å². The van der Waals surface area contributed by atoms with E-state index in [-0.39, 0.29) is 37.5 Å². The molecular weight excluding hydrogens is 877 g/mol. The lowest BCUT2D eigenvalue weighted by Crippen LogP contribution is -2.30. The quantitative estimate of drug-likeness (QED) is 0.0261. The lowest BCUT2D eigenvalue weighted by molar-refractivity contribution is -0.167. The lowest BCUT2D eigenvalue weighted by atomic mass is 10.1. The summed E-state index contributed by atoms with van der Waals surface area (Å²) in [6, 6.07) is 0. The van der Waals surface area contributed by atoms with Crippen LogP contribution in [0.1, 0.15) is 252 Å². The normalized spacial score (nSPS) is 13.0. The molecule has 71 heavy (non-hydrogen) atoms. The van der Waals surface area contributed by atoms with Crippen molar-refractivity contribution in [2.75, 3.05) is 13.2 Å². The number of carbonyl (C=O) groups is 3. The molecule has 6 nitrogen and oxygen atoms in total. The summed E-state index contributed by atoms with van der Waals surface area (Å²) in [5.74, 6) is -0.999. The highest BCUT2D eigenvalue weighted by atomic mass is 16.6. The Balaban J connectivity index is 4.53. The molecule has 0 saturated carbocycles. The Bertz CT molecular complexity index is 1500. The molecular formula is C65H106O6. The zero-order valence-electron chi connectivity index (χ0n) is 45.9. The second-order valence-corrected chi connectivity index (χ2v) is 18.8. The summed E-state index contributed by atoms with van der Waals surface area (Å²) >= 11 is 0. The first-order valence-electron chi connectivity index (χ1n) is 29.0. The van der Waals surface area contributed by atoms with Gasteiger partial charge >= 0.3 is 17.9 Å². The van der Waals surface area contributed by atoms with Crippen LogP contribution in [-0.2, 0) is 28.6 Å². The summed E-state index contributed by atoms with van der Waals surface area (Å²) in [4.78, 5) is 38.2. The molecule has 0 N–H and O–H groups in total. The van der Waals surface area contributed by atoms with E-state index in [2.05, 4.69) is 142 Å². The Hall–Kier alpha value is -4.19. The molecule has 0 rings (SSSR count). The van der Waals surface area contributed by atoms with Crippen LogP contribution in [0.4, 0.5) is 0 Å². The van der Waals surface area contributed by atoms with Gasteiger partial charge < -0.3 is 14.2 Å². The van der Waals surface area contributed by atoms with Gasteiger partial charge in [-0.25, -0.2) is 0 Å². The molecule has 0 aromatic heterocycles. The predicted molar refractivity (Wildman–Crippen MR) is 306 cm³/mol. The van der Waals surface area contributed by atoms with E-state index in [9.17, 15) is 14.4 Å². The topological polar surface area (TPSA) is 78.9 Å². The van der Waals surface area contributed by atoms with E-state index in [1.54, 1.807) is 0 Å². The molecule has 0 saturated heterocycles. The fourth-order valence-electron chi connectivity index (χ4n) is 7.57. The van der Waals surface area contributed by atoms with Gasteiger partial charge in [0.2, 0.25) is 0 Å². The minimum absolute atomic E-state index is 0.113. The van der Waals surface area contributed by atoms with Gasteiger partial charge in [-0.1, -0.05) is 226 Å². The zero-order valence-corrected chi connectivity index (χ0v) is 45.9. The highest BCUT2D eigenvalue weighted by Gasteiger charge is 2.19. The van der Waals surface area contributed by atoms with Crippen LogP contribution < -0.4 is 0 Å². The van der Waals surface area contributed by atoms with Crippen molar-refractivity contribution >= 4 is 17.9 Å². The molecule has 0 unspecified atom stereocenters. The standard InChI is InChI=1S/C65H106O6/c1-4-7-10-13-16-19-22-25-28-31-32-35-37-40-43-46-49-52-55-58-64(67)70-61-62(71-65(68)59-56-53-50-47-44-41-38-34-30-27-24-21-18-15-12-9-6-3)60-69-63(66)57-54-51-48-45-42-39-36-33-29-26-23-20-17-14-11-8-5-2/h9,12,16-21,25-30,36,38-39,41,47,50,62H,4-8,10-11,13-15,22-24,31-35,37,40,42-46,48-49,51-61H2,1-3H3/b12-9-,19-16-,20-17-,21-18-,28-25-,29-26-,30-27-,39-36-,41-38-,50-47-/t62-/m1/s1. The Labute approximate surface area is 437 Å². The first-order valence-corrected chi connectivity index (χ1v) is 29.0. The summed E-state index contributed by atoms with van der Waals surface area (Å²) in [7, 11) is 0. The molecule has 0 amide bonds. The van der Waals surface area contributed by atoms with Crippen molar-refractivity contribution in [1.29, 1.82) is 0 Å². The average Bonchev–Trinajstić information content (AvgIpc) is 3.37. The van der Waals surface area contributed by atoms with Gasteiger partial charge in [-0.3, -0.25) is 14.4 Å². The van der Waals surface area contributed by atoms with Gasteiger partial charge in [0.25, 0.3) is 0 Å². The van der Waals surface area contributed by atoms with Crippen LogP contribution in [0, 0.1) is 0 Å². The van der Waals surface area contributed by atoms with Crippen molar-refractivity contribution in [2.24, 2.45) is 0 Å². The maximum atomic E-state index is 12.8. The Morgan fingerprint density at radius 3 is 0.901 bits per heavy atom. The fourth-order valence-corrected chi connectivity index (χ4v) is 7.57. The number of carbonyl (C=O) groups excluding carboxylic acids is 3. The average molecular weight is 984 g/mol. The number of rotatable bonds is 51. The van der Waals surface area contributed by atoms with E-state index >= 15 is 0 Å².